The minimum absolute atomic E-state index is 0.00931. The Labute approximate surface area is 131 Å². The summed E-state index contributed by atoms with van der Waals surface area (Å²) < 4.78 is 44.8. The second-order valence-electron chi connectivity index (χ2n) is 4.03. The van der Waals surface area contributed by atoms with Gasteiger partial charge in [0.15, 0.2) is 0 Å². The van der Waals surface area contributed by atoms with Gasteiger partial charge in [0.25, 0.3) is 10.0 Å². The number of sulfonamides is 1. The number of rotatable bonds is 4. The van der Waals surface area contributed by atoms with E-state index in [0.717, 1.165) is 6.07 Å². The summed E-state index contributed by atoms with van der Waals surface area (Å²) in [7, 11) is -2.47. The van der Waals surface area contributed by atoms with E-state index in [2.05, 4.69) is 4.72 Å². The zero-order valence-electron chi connectivity index (χ0n) is 10.7. The highest BCUT2D eigenvalue weighted by molar-refractivity contribution is 7.92. The van der Waals surface area contributed by atoms with Gasteiger partial charge in [0.05, 0.1) is 22.8 Å². The van der Waals surface area contributed by atoms with Gasteiger partial charge in [-0.2, -0.15) is 0 Å². The summed E-state index contributed by atoms with van der Waals surface area (Å²) in [4.78, 5) is -0.120. The van der Waals surface area contributed by atoms with Gasteiger partial charge in [0, 0.05) is 6.07 Å². The number of anilines is 1. The lowest BCUT2D eigenvalue weighted by molar-refractivity contribution is 0.414. The molecule has 0 radical (unpaired) electrons. The normalized spacial score (nSPS) is 11.2. The first-order valence-corrected chi connectivity index (χ1v) is 7.89. The number of methoxy groups -OCH3 is 1. The van der Waals surface area contributed by atoms with Crippen molar-refractivity contribution in [3.8, 4) is 5.75 Å². The molecule has 0 saturated carbocycles. The van der Waals surface area contributed by atoms with Crippen molar-refractivity contribution >= 4 is 38.9 Å². The molecular weight excluding hydrogens is 340 g/mol. The third-order valence-electron chi connectivity index (χ3n) is 2.60. The summed E-state index contributed by atoms with van der Waals surface area (Å²) >= 11 is 11.5. The molecule has 0 spiro atoms. The highest BCUT2D eigenvalue weighted by Gasteiger charge is 2.19. The predicted molar refractivity (Wildman–Crippen MR) is 80.2 cm³/mol. The minimum Gasteiger partial charge on any atom is -0.497 e. The molecule has 0 heterocycles. The number of nitrogens with one attached hydrogen (secondary N) is 1. The molecular formula is C13H10Cl2FNO3S. The van der Waals surface area contributed by atoms with Crippen molar-refractivity contribution < 1.29 is 17.5 Å². The van der Waals surface area contributed by atoms with Gasteiger partial charge in [0.2, 0.25) is 0 Å². The minimum atomic E-state index is -3.92. The molecule has 21 heavy (non-hydrogen) atoms. The molecule has 2 aromatic rings. The van der Waals surface area contributed by atoms with E-state index < -0.39 is 15.8 Å². The van der Waals surface area contributed by atoms with Crippen LogP contribution in [0.3, 0.4) is 0 Å². The lowest BCUT2D eigenvalue weighted by Gasteiger charge is -2.11. The average Bonchev–Trinajstić information content (AvgIpc) is 2.42. The smallest absolute Gasteiger partial charge is 0.263 e. The van der Waals surface area contributed by atoms with E-state index >= 15 is 0 Å². The fraction of sp³-hybridized carbons (Fsp3) is 0.0769. The maximum Gasteiger partial charge on any atom is 0.263 e. The van der Waals surface area contributed by atoms with Crippen LogP contribution < -0.4 is 9.46 Å². The molecule has 0 bridgehead atoms. The Morgan fingerprint density at radius 1 is 1.10 bits per heavy atom. The highest BCUT2D eigenvalue weighted by Crippen LogP contribution is 2.28. The second-order valence-corrected chi connectivity index (χ2v) is 6.50. The van der Waals surface area contributed by atoms with Gasteiger partial charge < -0.3 is 4.74 Å². The van der Waals surface area contributed by atoms with E-state index in [0.29, 0.717) is 5.75 Å². The molecule has 0 aliphatic carbocycles. The summed E-state index contributed by atoms with van der Waals surface area (Å²) in [6, 6.07) is 7.67. The van der Waals surface area contributed by atoms with Crippen molar-refractivity contribution in [3.63, 3.8) is 0 Å². The largest absolute Gasteiger partial charge is 0.497 e. The van der Waals surface area contributed by atoms with Gasteiger partial charge in [0.1, 0.15) is 16.5 Å². The van der Waals surface area contributed by atoms with Crippen molar-refractivity contribution in [2.75, 3.05) is 11.8 Å². The Kier molecular flexibility index (Phi) is 4.61. The van der Waals surface area contributed by atoms with Gasteiger partial charge in [-0.05, 0) is 30.3 Å². The fourth-order valence-electron chi connectivity index (χ4n) is 1.60. The van der Waals surface area contributed by atoms with E-state index in [-0.39, 0.29) is 20.6 Å². The van der Waals surface area contributed by atoms with E-state index in [4.69, 9.17) is 27.9 Å². The molecule has 0 unspecified atom stereocenters. The van der Waals surface area contributed by atoms with Crippen LogP contribution in [0.1, 0.15) is 0 Å². The molecule has 8 heteroatoms. The average molecular weight is 350 g/mol. The molecule has 0 aromatic heterocycles. The zero-order chi connectivity index (χ0) is 15.6. The maximum atomic E-state index is 13.1. The summed E-state index contributed by atoms with van der Waals surface area (Å²) in [6.07, 6.45) is 0. The van der Waals surface area contributed by atoms with Crippen LogP contribution in [0.4, 0.5) is 10.1 Å². The lowest BCUT2D eigenvalue weighted by Crippen LogP contribution is -2.13. The first-order chi connectivity index (χ1) is 9.83. The van der Waals surface area contributed by atoms with Gasteiger partial charge >= 0.3 is 0 Å². The van der Waals surface area contributed by atoms with Crippen LogP contribution in [0.25, 0.3) is 0 Å². The summed E-state index contributed by atoms with van der Waals surface area (Å²) in [5.74, 6) is -0.203. The Balaban J connectivity index is 2.36. The van der Waals surface area contributed by atoms with Crippen molar-refractivity contribution in [2.45, 2.75) is 4.90 Å². The summed E-state index contributed by atoms with van der Waals surface area (Å²) in [5.41, 5.74) is 0.133. The first kappa shape index (κ1) is 15.9. The topological polar surface area (TPSA) is 55.4 Å². The molecule has 4 nitrogen and oxygen atoms in total. The van der Waals surface area contributed by atoms with Crippen LogP contribution >= 0.6 is 23.2 Å². The SMILES string of the molecule is COc1ccc(S(=O)(=O)Nc2ccc(F)c(Cl)c2)c(Cl)c1. The van der Waals surface area contributed by atoms with Crippen LogP contribution in [-0.2, 0) is 10.0 Å². The molecule has 2 aromatic carbocycles. The van der Waals surface area contributed by atoms with Gasteiger partial charge in [-0.25, -0.2) is 12.8 Å². The first-order valence-electron chi connectivity index (χ1n) is 5.65. The Morgan fingerprint density at radius 3 is 2.38 bits per heavy atom. The van der Waals surface area contributed by atoms with Crippen molar-refractivity contribution in [1.82, 2.24) is 0 Å². The van der Waals surface area contributed by atoms with E-state index in [1.807, 2.05) is 0 Å². The highest BCUT2D eigenvalue weighted by atomic mass is 35.5. The van der Waals surface area contributed by atoms with Crippen molar-refractivity contribution in [3.05, 3.63) is 52.3 Å². The number of hydrogen-bond donors (Lipinski definition) is 1. The van der Waals surface area contributed by atoms with E-state index in [9.17, 15) is 12.8 Å². The summed E-state index contributed by atoms with van der Waals surface area (Å²) in [6.45, 7) is 0. The van der Waals surface area contributed by atoms with Gasteiger partial charge in [-0.15, -0.1) is 0 Å². The Bertz CT molecular complexity index is 781. The van der Waals surface area contributed by atoms with Gasteiger partial charge in [-0.1, -0.05) is 23.2 Å². The lowest BCUT2D eigenvalue weighted by atomic mass is 10.3. The number of hydrogen-bond acceptors (Lipinski definition) is 3. The molecule has 112 valence electrons. The third-order valence-corrected chi connectivity index (χ3v) is 4.75. The van der Waals surface area contributed by atoms with E-state index in [1.54, 1.807) is 0 Å². The molecule has 2 rings (SSSR count). The molecule has 0 saturated heterocycles. The molecule has 0 aliphatic heterocycles. The van der Waals surface area contributed by atoms with Crippen LogP contribution in [-0.4, -0.2) is 15.5 Å². The third kappa shape index (κ3) is 3.58. The van der Waals surface area contributed by atoms with Crippen LogP contribution in [0.5, 0.6) is 5.75 Å². The van der Waals surface area contributed by atoms with Crippen molar-refractivity contribution in [2.24, 2.45) is 0 Å². The molecule has 0 amide bonds. The Hall–Kier alpha value is -1.50. The predicted octanol–water partition coefficient (Wildman–Crippen LogP) is 3.94. The monoisotopic (exact) mass is 349 g/mol. The number of halogens is 3. The number of ether oxygens (including phenoxy) is 1. The van der Waals surface area contributed by atoms with Crippen LogP contribution in [0.2, 0.25) is 10.0 Å². The molecule has 0 fully saturated rings. The zero-order valence-corrected chi connectivity index (χ0v) is 13.1. The molecule has 0 aliphatic rings. The Morgan fingerprint density at radius 2 is 1.81 bits per heavy atom. The molecule has 1 N–H and O–H groups in total. The van der Waals surface area contributed by atoms with Crippen LogP contribution in [0.15, 0.2) is 41.3 Å². The second kappa shape index (κ2) is 6.09. The quantitative estimate of drug-likeness (QED) is 0.909. The fourth-order valence-corrected chi connectivity index (χ4v) is 3.36. The van der Waals surface area contributed by atoms with Crippen LogP contribution in [0, 0.1) is 5.82 Å². The maximum absolute atomic E-state index is 13.1. The van der Waals surface area contributed by atoms with E-state index in [1.165, 1.54) is 37.4 Å². The van der Waals surface area contributed by atoms with Gasteiger partial charge in [-0.3, -0.25) is 4.72 Å². The number of benzene rings is 2. The molecule has 0 atom stereocenters. The summed E-state index contributed by atoms with van der Waals surface area (Å²) in [5, 5.41) is -0.175. The van der Waals surface area contributed by atoms with Crippen molar-refractivity contribution in [1.29, 1.82) is 0 Å². The standard InChI is InChI=1S/C13H10Cl2FNO3S/c1-20-9-3-5-13(11(15)7-9)21(18,19)17-8-2-4-12(16)10(14)6-8/h2-7,17H,1H3.